The van der Waals surface area contributed by atoms with Crippen molar-refractivity contribution in [1.82, 2.24) is 0 Å². The quantitative estimate of drug-likeness (QED) is 0.0200. The lowest BCUT2D eigenvalue weighted by atomic mass is 10.1. The largest absolute Gasteiger partial charge is 0.472 e. The normalized spacial score (nSPS) is 14.6. The van der Waals surface area contributed by atoms with Gasteiger partial charge in [0, 0.05) is 12.8 Å². The lowest BCUT2D eigenvalue weighted by Gasteiger charge is -2.21. The molecule has 0 radical (unpaired) electrons. The Kier molecular flexibility index (Phi) is 40.0. The Morgan fingerprint density at radius 1 is 0.509 bits per heavy atom. The van der Waals surface area contributed by atoms with E-state index in [0.29, 0.717) is 12.8 Å². The van der Waals surface area contributed by atoms with Gasteiger partial charge in [-0.3, -0.25) is 18.6 Å². The molecule has 0 amide bonds. The summed E-state index contributed by atoms with van der Waals surface area (Å²) in [5.74, 6) is -1.02. The Bertz CT molecular complexity index is 1020. The topological polar surface area (TPSA) is 169 Å². The average molecular weight is 833 g/mol. The number of hydrogen-bond donors (Lipinski definition) is 4. The Balaban J connectivity index is 4.44. The van der Waals surface area contributed by atoms with Crippen LogP contribution in [0.15, 0.2) is 24.3 Å². The summed E-state index contributed by atoms with van der Waals surface area (Å²) < 4.78 is 32.8. The molecule has 0 aliphatic rings. The van der Waals surface area contributed by atoms with Crippen LogP contribution in [0.2, 0.25) is 0 Å². The van der Waals surface area contributed by atoms with Crippen molar-refractivity contribution in [2.75, 3.05) is 26.4 Å². The molecule has 0 bridgehead atoms. The van der Waals surface area contributed by atoms with Crippen molar-refractivity contribution in [1.29, 1.82) is 0 Å². The first-order valence-corrected chi connectivity index (χ1v) is 24.4. The smallest absolute Gasteiger partial charge is 0.462 e. The number of aliphatic hydroxyl groups is 3. The number of aliphatic hydroxyl groups excluding tert-OH is 3. The molecule has 0 aromatic rings. The van der Waals surface area contributed by atoms with Crippen molar-refractivity contribution < 1.29 is 52.9 Å². The van der Waals surface area contributed by atoms with Gasteiger partial charge in [0.2, 0.25) is 0 Å². The number of esters is 2. The highest BCUT2D eigenvalue weighted by Crippen LogP contribution is 2.43. The second kappa shape index (κ2) is 41.2. The number of hydrogen-bond acceptors (Lipinski definition) is 10. The summed E-state index contributed by atoms with van der Waals surface area (Å²) in [7, 11) is -4.74. The van der Waals surface area contributed by atoms with E-state index in [1.165, 1.54) is 128 Å². The highest BCUT2D eigenvalue weighted by molar-refractivity contribution is 7.47. The molecule has 4 N–H and O–H groups in total. The molecule has 336 valence electrons. The Labute approximate surface area is 347 Å². The van der Waals surface area contributed by atoms with Crippen molar-refractivity contribution in [2.24, 2.45) is 0 Å². The minimum Gasteiger partial charge on any atom is -0.462 e. The third kappa shape index (κ3) is 39.6. The van der Waals surface area contributed by atoms with Crippen molar-refractivity contribution in [3.05, 3.63) is 24.3 Å². The maximum absolute atomic E-state index is 12.6. The SMILES string of the molecule is CCCCCCCCCCCCC=CCCCCC(=O)OC[C@H](COP(=O)(O)OC[C@@H](O)[C@H](O)CO)OC(=O)CCCC/C=C\CCCCCCCCCCCC. The van der Waals surface area contributed by atoms with Crippen molar-refractivity contribution in [3.63, 3.8) is 0 Å². The summed E-state index contributed by atoms with van der Waals surface area (Å²) in [6, 6.07) is 0. The molecule has 0 aliphatic carbocycles. The fraction of sp³-hybridized carbons (Fsp3) is 0.867. The van der Waals surface area contributed by atoms with Crippen LogP contribution in [0.5, 0.6) is 0 Å². The van der Waals surface area contributed by atoms with Crippen LogP contribution < -0.4 is 0 Å². The highest BCUT2D eigenvalue weighted by Gasteiger charge is 2.28. The van der Waals surface area contributed by atoms with Gasteiger partial charge in [0.25, 0.3) is 0 Å². The summed E-state index contributed by atoms with van der Waals surface area (Å²) in [6.07, 6.45) is 37.8. The third-order valence-electron chi connectivity index (χ3n) is 9.98. The Morgan fingerprint density at radius 3 is 1.30 bits per heavy atom. The van der Waals surface area contributed by atoms with Gasteiger partial charge in [-0.05, 0) is 64.2 Å². The van der Waals surface area contributed by atoms with Gasteiger partial charge in [-0.15, -0.1) is 0 Å². The van der Waals surface area contributed by atoms with Crippen LogP contribution in [0.3, 0.4) is 0 Å². The van der Waals surface area contributed by atoms with E-state index in [9.17, 15) is 29.3 Å². The van der Waals surface area contributed by atoms with Gasteiger partial charge in [-0.2, -0.15) is 0 Å². The number of phosphoric acid groups is 1. The maximum atomic E-state index is 12.6. The van der Waals surface area contributed by atoms with Gasteiger partial charge >= 0.3 is 19.8 Å². The molecule has 0 aliphatic heterocycles. The lowest BCUT2D eigenvalue weighted by Crippen LogP contribution is -2.33. The molecule has 0 saturated heterocycles. The third-order valence-corrected chi connectivity index (χ3v) is 10.9. The first-order valence-electron chi connectivity index (χ1n) is 22.9. The minimum absolute atomic E-state index is 0.127. The van der Waals surface area contributed by atoms with Crippen molar-refractivity contribution in [2.45, 2.75) is 225 Å². The molecule has 0 rings (SSSR count). The van der Waals surface area contributed by atoms with Crippen LogP contribution in [0.1, 0.15) is 206 Å². The van der Waals surface area contributed by atoms with Gasteiger partial charge in [0.1, 0.15) is 18.8 Å². The zero-order chi connectivity index (χ0) is 42.1. The molecular formula is C45H85O11P. The van der Waals surface area contributed by atoms with E-state index in [0.717, 1.165) is 38.5 Å². The minimum atomic E-state index is -4.74. The fourth-order valence-corrected chi connectivity index (χ4v) is 7.04. The number of rotatable bonds is 43. The molecule has 11 nitrogen and oxygen atoms in total. The summed E-state index contributed by atoms with van der Waals surface area (Å²) in [5, 5.41) is 28.1. The zero-order valence-corrected chi connectivity index (χ0v) is 37.1. The summed E-state index contributed by atoms with van der Waals surface area (Å²) in [5.41, 5.74) is 0. The predicted octanol–water partition coefficient (Wildman–Crippen LogP) is 11.1. The number of carbonyl (C=O) groups is 2. The monoisotopic (exact) mass is 833 g/mol. The van der Waals surface area contributed by atoms with Gasteiger partial charge in [0.15, 0.2) is 6.10 Å². The fourth-order valence-electron chi connectivity index (χ4n) is 6.27. The number of phosphoric ester groups is 1. The molecule has 0 heterocycles. The second-order valence-corrected chi connectivity index (χ2v) is 17.0. The van der Waals surface area contributed by atoms with E-state index in [2.05, 4.69) is 38.2 Å². The number of ether oxygens (including phenoxy) is 2. The molecule has 0 aromatic heterocycles. The number of carbonyl (C=O) groups excluding carboxylic acids is 2. The van der Waals surface area contributed by atoms with Gasteiger partial charge in [-0.1, -0.05) is 154 Å². The van der Waals surface area contributed by atoms with E-state index < -0.39 is 57.9 Å². The second-order valence-electron chi connectivity index (χ2n) is 15.5. The van der Waals surface area contributed by atoms with Crippen molar-refractivity contribution in [3.8, 4) is 0 Å². The Hall–Kier alpha value is -1.59. The average Bonchev–Trinajstić information content (AvgIpc) is 3.20. The molecule has 1 unspecified atom stereocenters. The molecule has 0 fully saturated rings. The molecule has 0 spiro atoms. The molecular weight excluding hydrogens is 747 g/mol. The predicted molar refractivity (Wildman–Crippen MR) is 230 cm³/mol. The van der Waals surface area contributed by atoms with Crippen LogP contribution >= 0.6 is 7.82 Å². The Morgan fingerprint density at radius 2 is 0.877 bits per heavy atom. The van der Waals surface area contributed by atoms with Crippen LogP contribution in [0, 0.1) is 0 Å². The van der Waals surface area contributed by atoms with Crippen molar-refractivity contribution >= 4 is 19.8 Å². The molecule has 0 aromatic carbocycles. The molecule has 12 heteroatoms. The van der Waals surface area contributed by atoms with E-state index in [1.54, 1.807) is 0 Å². The lowest BCUT2D eigenvalue weighted by molar-refractivity contribution is -0.161. The zero-order valence-electron chi connectivity index (χ0n) is 36.2. The van der Waals surface area contributed by atoms with Gasteiger partial charge in [0.05, 0.1) is 19.8 Å². The van der Waals surface area contributed by atoms with Gasteiger partial charge in [-0.25, -0.2) is 4.57 Å². The summed E-state index contributed by atoms with van der Waals surface area (Å²) in [6.45, 7) is 1.98. The van der Waals surface area contributed by atoms with E-state index in [-0.39, 0.29) is 19.4 Å². The molecule has 0 saturated carbocycles. The van der Waals surface area contributed by atoms with Crippen LogP contribution in [0.25, 0.3) is 0 Å². The van der Waals surface area contributed by atoms with Crippen LogP contribution in [-0.4, -0.2) is 76.9 Å². The highest BCUT2D eigenvalue weighted by atomic mass is 31.2. The first kappa shape index (κ1) is 55.4. The van der Waals surface area contributed by atoms with E-state index >= 15 is 0 Å². The number of allylic oxidation sites excluding steroid dienone is 4. The maximum Gasteiger partial charge on any atom is 0.472 e. The van der Waals surface area contributed by atoms with E-state index in [4.69, 9.17) is 23.6 Å². The van der Waals surface area contributed by atoms with Gasteiger partial charge < -0.3 is 29.7 Å². The summed E-state index contributed by atoms with van der Waals surface area (Å²) in [4.78, 5) is 35.1. The first-order chi connectivity index (χ1) is 27.6. The van der Waals surface area contributed by atoms with Crippen LogP contribution in [0.4, 0.5) is 0 Å². The standard InChI is InChI=1S/C45H85O11P/c1-3-5-7-9-11-13-15-17-19-21-23-25-27-29-31-33-35-44(49)53-38-41(39-54-57(51,52)55-40-43(48)42(47)37-46)56-45(50)36-34-32-30-28-26-24-22-20-18-16-14-12-10-8-6-4-2/h25-28,41-43,46-48H,3-24,29-40H2,1-2H3,(H,51,52)/b27-25?,28-26-/t41-,42-,43-/m1/s1. The number of unbranched alkanes of at least 4 members (excludes halogenated alkanes) is 24. The molecule has 4 atom stereocenters. The molecule has 57 heavy (non-hydrogen) atoms. The summed E-state index contributed by atoms with van der Waals surface area (Å²) >= 11 is 0. The van der Waals surface area contributed by atoms with Crippen LogP contribution in [-0.2, 0) is 32.7 Å². The van der Waals surface area contributed by atoms with E-state index in [1.807, 2.05) is 0 Å².